The van der Waals surface area contributed by atoms with Crippen molar-refractivity contribution in [3.05, 3.63) is 35.4 Å². The van der Waals surface area contributed by atoms with Gasteiger partial charge in [0.1, 0.15) is 6.04 Å². The average Bonchev–Trinajstić information content (AvgIpc) is 2.53. The van der Waals surface area contributed by atoms with Gasteiger partial charge in [0.15, 0.2) is 0 Å². The van der Waals surface area contributed by atoms with Crippen LogP contribution in [0.5, 0.6) is 0 Å². The average molecular weight is 289 g/mol. The molecule has 0 radical (unpaired) electrons. The molecule has 1 fully saturated rings. The van der Waals surface area contributed by atoms with Gasteiger partial charge in [-0.05, 0) is 36.8 Å². The van der Waals surface area contributed by atoms with E-state index in [0.29, 0.717) is 18.5 Å². The van der Waals surface area contributed by atoms with Crippen molar-refractivity contribution in [2.45, 2.75) is 45.1 Å². The van der Waals surface area contributed by atoms with E-state index in [9.17, 15) is 9.59 Å². The van der Waals surface area contributed by atoms with E-state index in [1.807, 2.05) is 24.3 Å². The number of esters is 1. The fraction of sp³-hybridized carbons (Fsp3) is 0.529. The predicted molar refractivity (Wildman–Crippen MR) is 81.2 cm³/mol. The second-order valence-corrected chi connectivity index (χ2v) is 5.78. The van der Waals surface area contributed by atoms with Crippen molar-refractivity contribution in [1.29, 1.82) is 0 Å². The maximum Gasteiger partial charge on any atom is 0.328 e. The number of carbonyl (C=O) groups is 2. The molecule has 1 aromatic carbocycles. The number of hydrogen-bond donors (Lipinski definition) is 0. The lowest BCUT2D eigenvalue weighted by Crippen LogP contribution is -2.48. The van der Waals surface area contributed by atoms with E-state index < -0.39 is 6.04 Å². The summed E-state index contributed by atoms with van der Waals surface area (Å²) >= 11 is 0. The molecule has 1 amide bonds. The topological polar surface area (TPSA) is 46.6 Å². The van der Waals surface area contributed by atoms with E-state index in [2.05, 4.69) is 13.8 Å². The lowest BCUT2D eigenvalue weighted by atomic mass is 9.94. The predicted octanol–water partition coefficient (Wildman–Crippen LogP) is 2.98. The van der Waals surface area contributed by atoms with Crippen LogP contribution < -0.4 is 0 Å². The van der Waals surface area contributed by atoms with Crippen LogP contribution in [-0.4, -0.2) is 36.5 Å². The van der Waals surface area contributed by atoms with Crippen LogP contribution in [0.25, 0.3) is 0 Å². The van der Waals surface area contributed by atoms with Crippen LogP contribution >= 0.6 is 0 Å². The standard InChI is InChI=1S/C17H23NO3/c1-12(2)13-8-4-5-9-14(13)16(19)18-11-7-6-10-15(18)17(20)21-3/h4-5,8-9,12,15H,6-7,10-11H2,1-3H3. The van der Waals surface area contributed by atoms with Crippen molar-refractivity contribution in [3.8, 4) is 0 Å². The number of hydrogen-bond acceptors (Lipinski definition) is 3. The number of nitrogens with zero attached hydrogens (tertiary/aromatic N) is 1. The number of rotatable bonds is 3. The zero-order valence-corrected chi connectivity index (χ0v) is 13.0. The van der Waals surface area contributed by atoms with Gasteiger partial charge in [-0.15, -0.1) is 0 Å². The molecule has 1 heterocycles. The molecule has 1 aliphatic heterocycles. The molecule has 0 spiro atoms. The Morgan fingerprint density at radius 3 is 2.62 bits per heavy atom. The molecule has 114 valence electrons. The first-order valence-corrected chi connectivity index (χ1v) is 7.54. The molecule has 4 nitrogen and oxygen atoms in total. The first kappa shape index (κ1) is 15.5. The third-order valence-electron chi connectivity index (χ3n) is 4.05. The maximum atomic E-state index is 12.9. The Bertz CT molecular complexity index is 525. The van der Waals surface area contributed by atoms with E-state index in [1.54, 1.807) is 4.90 Å². The van der Waals surface area contributed by atoms with Crippen LogP contribution in [0.15, 0.2) is 24.3 Å². The smallest absolute Gasteiger partial charge is 0.328 e. The molecule has 0 N–H and O–H groups in total. The highest BCUT2D eigenvalue weighted by Crippen LogP contribution is 2.25. The van der Waals surface area contributed by atoms with Gasteiger partial charge in [-0.25, -0.2) is 4.79 Å². The lowest BCUT2D eigenvalue weighted by molar-refractivity contribution is -0.147. The van der Waals surface area contributed by atoms with E-state index in [4.69, 9.17) is 4.74 Å². The highest BCUT2D eigenvalue weighted by atomic mass is 16.5. The van der Waals surface area contributed by atoms with Crippen molar-refractivity contribution in [3.63, 3.8) is 0 Å². The molecule has 0 saturated carbocycles. The molecule has 21 heavy (non-hydrogen) atoms. The van der Waals surface area contributed by atoms with Crippen LogP contribution in [0.3, 0.4) is 0 Å². The van der Waals surface area contributed by atoms with Gasteiger partial charge in [-0.3, -0.25) is 4.79 Å². The Kier molecular flexibility index (Phi) is 4.99. The lowest BCUT2D eigenvalue weighted by Gasteiger charge is -2.34. The molecule has 0 bridgehead atoms. The van der Waals surface area contributed by atoms with Gasteiger partial charge >= 0.3 is 5.97 Å². The Balaban J connectivity index is 2.31. The Labute approximate surface area is 126 Å². The Morgan fingerprint density at radius 2 is 1.95 bits per heavy atom. The zero-order valence-electron chi connectivity index (χ0n) is 13.0. The van der Waals surface area contributed by atoms with Crippen LogP contribution in [-0.2, 0) is 9.53 Å². The van der Waals surface area contributed by atoms with Gasteiger partial charge < -0.3 is 9.64 Å². The largest absolute Gasteiger partial charge is 0.467 e. The van der Waals surface area contributed by atoms with E-state index >= 15 is 0 Å². The number of piperidine rings is 1. The molecule has 2 rings (SSSR count). The summed E-state index contributed by atoms with van der Waals surface area (Å²) in [4.78, 5) is 26.5. The maximum absolute atomic E-state index is 12.9. The number of benzene rings is 1. The van der Waals surface area contributed by atoms with E-state index in [-0.39, 0.29) is 17.8 Å². The number of ether oxygens (including phenoxy) is 1. The van der Waals surface area contributed by atoms with Gasteiger partial charge in [-0.1, -0.05) is 32.0 Å². The summed E-state index contributed by atoms with van der Waals surface area (Å²) in [5.74, 6) is -0.106. The minimum absolute atomic E-state index is 0.0607. The van der Waals surface area contributed by atoms with Crippen LogP contribution in [0.1, 0.15) is 54.9 Å². The number of likely N-dealkylation sites (tertiary alicyclic amines) is 1. The van der Waals surface area contributed by atoms with Gasteiger partial charge in [0.05, 0.1) is 7.11 Å². The quantitative estimate of drug-likeness (QED) is 0.804. The third-order valence-corrected chi connectivity index (χ3v) is 4.05. The van der Waals surface area contributed by atoms with E-state index in [1.165, 1.54) is 7.11 Å². The summed E-state index contributed by atoms with van der Waals surface area (Å²) in [5.41, 5.74) is 1.72. The second kappa shape index (κ2) is 6.74. The molecule has 0 aliphatic carbocycles. The minimum Gasteiger partial charge on any atom is -0.467 e. The molecule has 1 aromatic rings. The summed E-state index contributed by atoms with van der Waals surface area (Å²) in [6, 6.07) is 7.20. The van der Waals surface area contributed by atoms with Gasteiger partial charge in [0.2, 0.25) is 0 Å². The normalized spacial score (nSPS) is 18.7. The number of methoxy groups -OCH3 is 1. The van der Waals surface area contributed by atoms with Crippen molar-refractivity contribution in [1.82, 2.24) is 4.90 Å². The molecule has 4 heteroatoms. The highest BCUT2D eigenvalue weighted by molar-refractivity contribution is 5.98. The summed E-state index contributed by atoms with van der Waals surface area (Å²) in [6.07, 6.45) is 2.57. The SMILES string of the molecule is COC(=O)C1CCCCN1C(=O)c1ccccc1C(C)C. The monoisotopic (exact) mass is 289 g/mol. The molecule has 1 aliphatic rings. The summed E-state index contributed by atoms with van der Waals surface area (Å²) in [5, 5.41) is 0. The van der Waals surface area contributed by atoms with Gasteiger partial charge in [0.25, 0.3) is 5.91 Å². The number of carbonyl (C=O) groups excluding carboxylic acids is 2. The molecular weight excluding hydrogens is 266 g/mol. The van der Waals surface area contributed by atoms with Crippen LogP contribution in [0.2, 0.25) is 0 Å². The minimum atomic E-state index is -0.448. The molecular formula is C17H23NO3. The first-order valence-electron chi connectivity index (χ1n) is 7.54. The Morgan fingerprint density at radius 1 is 1.24 bits per heavy atom. The third kappa shape index (κ3) is 3.26. The second-order valence-electron chi connectivity index (χ2n) is 5.78. The molecule has 1 atom stereocenters. The van der Waals surface area contributed by atoms with Crippen LogP contribution in [0, 0.1) is 0 Å². The van der Waals surface area contributed by atoms with E-state index in [0.717, 1.165) is 18.4 Å². The van der Waals surface area contributed by atoms with Crippen molar-refractivity contribution < 1.29 is 14.3 Å². The fourth-order valence-electron chi connectivity index (χ4n) is 2.91. The zero-order chi connectivity index (χ0) is 15.4. The molecule has 1 saturated heterocycles. The van der Waals surface area contributed by atoms with Crippen LogP contribution in [0.4, 0.5) is 0 Å². The fourth-order valence-corrected chi connectivity index (χ4v) is 2.91. The molecule has 1 unspecified atom stereocenters. The van der Waals surface area contributed by atoms with Crippen molar-refractivity contribution in [2.75, 3.05) is 13.7 Å². The summed E-state index contributed by atoms with van der Waals surface area (Å²) in [7, 11) is 1.38. The highest BCUT2D eigenvalue weighted by Gasteiger charge is 2.34. The van der Waals surface area contributed by atoms with Crippen molar-refractivity contribution in [2.24, 2.45) is 0 Å². The number of amides is 1. The first-order chi connectivity index (χ1) is 10.1. The molecule has 0 aromatic heterocycles. The van der Waals surface area contributed by atoms with Gasteiger partial charge in [-0.2, -0.15) is 0 Å². The summed E-state index contributed by atoms with van der Waals surface area (Å²) < 4.78 is 4.85. The van der Waals surface area contributed by atoms with Gasteiger partial charge in [0, 0.05) is 12.1 Å². The Hall–Kier alpha value is -1.84. The summed E-state index contributed by atoms with van der Waals surface area (Å²) in [6.45, 7) is 4.76. The van der Waals surface area contributed by atoms with Crippen molar-refractivity contribution >= 4 is 11.9 Å².